The molecule has 2 unspecified atom stereocenters. The number of hydrogen-bond donors (Lipinski definition) is 3. The van der Waals surface area contributed by atoms with Gasteiger partial charge >= 0.3 is 0 Å². The van der Waals surface area contributed by atoms with Gasteiger partial charge in [-0.05, 0) is 37.1 Å². The summed E-state index contributed by atoms with van der Waals surface area (Å²) in [7, 11) is 1.60. The zero-order valence-corrected chi connectivity index (χ0v) is 18.3. The molecule has 2 aromatic rings. The standard InChI is InChI=1S/C24H31N3O5/c1-30-19-7-8-21-22(13-19)31-16-23(32-21)20(28)14-25-17-9-11-27(12-10-17)15-24(29)26-18-5-3-2-4-6-18/h2-8,13,17,20,23,25,28H,9-12,14-16H2,1H3,(H,26,29). The number of benzene rings is 2. The van der Waals surface area contributed by atoms with Gasteiger partial charge in [0, 0.05) is 37.4 Å². The van der Waals surface area contributed by atoms with Crippen LogP contribution in [0.15, 0.2) is 48.5 Å². The number of anilines is 1. The highest BCUT2D eigenvalue weighted by Crippen LogP contribution is 2.35. The highest BCUT2D eigenvalue weighted by Gasteiger charge is 2.29. The zero-order valence-electron chi connectivity index (χ0n) is 18.3. The number of hydrogen-bond acceptors (Lipinski definition) is 7. The molecule has 1 amide bonds. The third-order valence-electron chi connectivity index (χ3n) is 5.89. The fourth-order valence-electron chi connectivity index (χ4n) is 4.02. The Morgan fingerprint density at radius 1 is 1.19 bits per heavy atom. The molecule has 1 saturated heterocycles. The molecule has 0 aromatic heterocycles. The maximum atomic E-state index is 12.2. The van der Waals surface area contributed by atoms with Gasteiger partial charge in [0.1, 0.15) is 18.5 Å². The number of piperidine rings is 1. The van der Waals surface area contributed by atoms with E-state index in [0.29, 0.717) is 36.4 Å². The van der Waals surface area contributed by atoms with Crippen LogP contribution in [0.1, 0.15) is 12.8 Å². The number of methoxy groups -OCH3 is 1. The van der Waals surface area contributed by atoms with E-state index in [2.05, 4.69) is 15.5 Å². The fourth-order valence-corrected chi connectivity index (χ4v) is 4.02. The van der Waals surface area contributed by atoms with Crippen molar-refractivity contribution in [2.24, 2.45) is 0 Å². The van der Waals surface area contributed by atoms with E-state index in [9.17, 15) is 9.90 Å². The normalized spacial score (nSPS) is 19.9. The van der Waals surface area contributed by atoms with E-state index >= 15 is 0 Å². The molecule has 2 aliphatic rings. The molecule has 32 heavy (non-hydrogen) atoms. The average Bonchev–Trinajstić information content (AvgIpc) is 2.83. The van der Waals surface area contributed by atoms with Gasteiger partial charge in [0.2, 0.25) is 5.91 Å². The first-order valence-electron chi connectivity index (χ1n) is 11.1. The Labute approximate surface area is 188 Å². The van der Waals surface area contributed by atoms with Crippen molar-refractivity contribution >= 4 is 11.6 Å². The molecule has 3 N–H and O–H groups in total. The minimum absolute atomic E-state index is 0.00498. The fraction of sp³-hybridized carbons (Fsp3) is 0.458. The smallest absolute Gasteiger partial charge is 0.238 e. The van der Waals surface area contributed by atoms with E-state index in [4.69, 9.17) is 14.2 Å². The molecule has 8 heteroatoms. The minimum atomic E-state index is -0.681. The summed E-state index contributed by atoms with van der Waals surface area (Å²) in [5.41, 5.74) is 0.818. The van der Waals surface area contributed by atoms with Crippen LogP contribution in [-0.4, -0.2) is 74.1 Å². The molecule has 2 aromatic carbocycles. The van der Waals surface area contributed by atoms with Gasteiger partial charge < -0.3 is 30.0 Å². The molecule has 0 aliphatic carbocycles. The molecule has 0 spiro atoms. The van der Waals surface area contributed by atoms with Gasteiger partial charge in [-0.1, -0.05) is 18.2 Å². The second kappa shape index (κ2) is 10.7. The van der Waals surface area contributed by atoms with Crippen molar-refractivity contribution in [1.82, 2.24) is 10.2 Å². The van der Waals surface area contributed by atoms with E-state index in [0.717, 1.165) is 31.6 Å². The maximum absolute atomic E-state index is 12.2. The van der Waals surface area contributed by atoms with Crippen LogP contribution < -0.4 is 24.8 Å². The number of ether oxygens (including phenoxy) is 3. The Bertz CT molecular complexity index is 886. The number of likely N-dealkylation sites (tertiary alicyclic amines) is 1. The lowest BCUT2D eigenvalue weighted by Gasteiger charge is -2.34. The largest absolute Gasteiger partial charge is 0.497 e. The Hall–Kier alpha value is -2.81. The number of nitrogens with one attached hydrogen (secondary N) is 2. The third kappa shape index (κ3) is 5.91. The van der Waals surface area contributed by atoms with E-state index in [1.165, 1.54) is 0 Å². The van der Waals surface area contributed by atoms with Gasteiger partial charge in [0.25, 0.3) is 0 Å². The maximum Gasteiger partial charge on any atom is 0.238 e. The summed E-state index contributed by atoms with van der Waals surface area (Å²) in [5.74, 6) is 1.95. The highest BCUT2D eigenvalue weighted by molar-refractivity contribution is 5.92. The summed E-state index contributed by atoms with van der Waals surface area (Å²) in [6, 6.07) is 15.2. The molecule has 2 atom stereocenters. The van der Waals surface area contributed by atoms with Crippen LogP contribution in [0.25, 0.3) is 0 Å². The van der Waals surface area contributed by atoms with E-state index < -0.39 is 12.2 Å². The zero-order chi connectivity index (χ0) is 22.3. The van der Waals surface area contributed by atoms with Gasteiger partial charge in [-0.15, -0.1) is 0 Å². The summed E-state index contributed by atoms with van der Waals surface area (Å²) in [4.78, 5) is 14.4. The third-order valence-corrected chi connectivity index (χ3v) is 5.89. The number of amides is 1. The van der Waals surface area contributed by atoms with Crippen molar-refractivity contribution in [3.63, 3.8) is 0 Å². The molecule has 2 aliphatic heterocycles. The first kappa shape index (κ1) is 22.4. The molecule has 0 saturated carbocycles. The summed E-state index contributed by atoms with van der Waals surface area (Å²) in [5, 5.41) is 17.0. The van der Waals surface area contributed by atoms with Crippen LogP contribution >= 0.6 is 0 Å². The molecule has 172 valence electrons. The van der Waals surface area contributed by atoms with Gasteiger partial charge in [-0.3, -0.25) is 9.69 Å². The molecule has 1 fully saturated rings. The Balaban J connectivity index is 1.16. The number of nitrogens with zero attached hydrogens (tertiary/aromatic N) is 1. The van der Waals surface area contributed by atoms with E-state index in [-0.39, 0.29) is 12.5 Å². The predicted octanol–water partition coefficient (Wildman–Crippen LogP) is 1.89. The highest BCUT2D eigenvalue weighted by atomic mass is 16.6. The molecular weight excluding hydrogens is 410 g/mol. The molecule has 0 bridgehead atoms. The first-order valence-corrected chi connectivity index (χ1v) is 11.1. The number of para-hydroxylation sites is 1. The second-order valence-electron chi connectivity index (χ2n) is 8.22. The van der Waals surface area contributed by atoms with Crippen LogP contribution in [0.4, 0.5) is 5.69 Å². The Morgan fingerprint density at radius 2 is 1.97 bits per heavy atom. The molecule has 4 rings (SSSR count). The second-order valence-corrected chi connectivity index (χ2v) is 8.22. The Kier molecular flexibility index (Phi) is 7.47. The first-order chi connectivity index (χ1) is 15.6. The van der Waals surface area contributed by atoms with Gasteiger partial charge in [0.05, 0.1) is 13.7 Å². The van der Waals surface area contributed by atoms with Gasteiger partial charge in [0.15, 0.2) is 17.6 Å². The lowest BCUT2D eigenvalue weighted by atomic mass is 10.0. The number of aliphatic hydroxyl groups is 1. The SMILES string of the molecule is COc1ccc2c(c1)OCC(C(O)CNC1CCN(CC(=O)Nc3ccccc3)CC1)O2. The van der Waals surface area contributed by atoms with Gasteiger partial charge in [-0.25, -0.2) is 0 Å². The van der Waals surface area contributed by atoms with Crippen LogP contribution in [0.3, 0.4) is 0 Å². The average molecular weight is 442 g/mol. The number of carbonyl (C=O) groups excluding carboxylic acids is 1. The summed E-state index contributed by atoms with van der Waals surface area (Å²) >= 11 is 0. The van der Waals surface area contributed by atoms with Crippen LogP contribution in [-0.2, 0) is 4.79 Å². The van der Waals surface area contributed by atoms with Crippen molar-refractivity contribution in [2.45, 2.75) is 31.1 Å². The quantitative estimate of drug-likeness (QED) is 0.576. The monoisotopic (exact) mass is 441 g/mol. The lowest BCUT2D eigenvalue weighted by Crippen LogP contribution is -2.50. The van der Waals surface area contributed by atoms with E-state index in [1.807, 2.05) is 36.4 Å². The Morgan fingerprint density at radius 3 is 2.72 bits per heavy atom. The summed E-state index contributed by atoms with van der Waals surface area (Å²) < 4.78 is 16.9. The lowest BCUT2D eigenvalue weighted by molar-refractivity contribution is -0.117. The van der Waals surface area contributed by atoms with Crippen molar-refractivity contribution in [3.05, 3.63) is 48.5 Å². The molecule has 2 heterocycles. The number of rotatable bonds is 8. The van der Waals surface area contributed by atoms with Crippen LogP contribution in [0.5, 0.6) is 17.2 Å². The van der Waals surface area contributed by atoms with Crippen molar-refractivity contribution in [1.29, 1.82) is 0 Å². The topological polar surface area (TPSA) is 92.3 Å². The van der Waals surface area contributed by atoms with Gasteiger partial charge in [-0.2, -0.15) is 0 Å². The summed E-state index contributed by atoms with van der Waals surface area (Å²) in [6.45, 7) is 2.79. The number of fused-ring (bicyclic) bond motifs is 1. The predicted molar refractivity (Wildman–Crippen MR) is 121 cm³/mol. The molecule has 0 radical (unpaired) electrons. The van der Waals surface area contributed by atoms with E-state index in [1.54, 1.807) is 19.2 Å². The van der Waals surface area contributed by atoms with Crippen LogP contribution in [0.2, 0.25) is 0 Å². The van der Waals surface area contributed by atoms with Crippen molar-refractivity contribution < 1.29 is 24.1 Å². The van der Waals surface area contributed by atoms with Crippen molar-refractivity contribution in [2.75, 3.05) is 45.2 Å². The number of carbonyl (C=O) groups is 1. The minimum Gasteiger partial charge on any atom is -0.497 e. The molecule has 8 nitrogen and oxygen atoms in total. The molecular formula is C24H31N3O5. The van der Waals surface area contributed by atoms with Crippen LogP contribution in [0, 0.1) is 0 Å². The number of aliphatic hydroxyl groups excluding tert-OH is 1. The summed E-state index contributed by atoms with van der Waals surface area (Å²) in [6.07, 6.45) is 0.747. The van der Waals surface area contributed by atoms with Crippen molar-refractivity contribution in [3.8, 4) is 17.2 Å².